The van der Waals surface area contributed by atoms with Gasteiger partial charge in [0.05, 0.1) is 17.5 Å². The van der Waals surface area contributed by atoms with Gasteiger partial charge in [-0.05, 0) is 50.1 Å². The molecular weight excluding hydrogens is 369 g/mol. The Morgan fingerprint density at radius 1 is 1.21 bits per heavy atom. The minimum Gasteiger partial charge on any atom is -0.366 e. The fraction of sp³-hybridized carbons (Fsp3) is 0.238. The Labute approximate surface area is 160 Å². The lowest BCUT2D eigenvalue weighted by molar-refractivity contribution is -0.123. The molecule has 1 aliphatic carbocycles. The van der Waals surface area contributed by atoms with Crippen molar-refractivity contribution in [1.29, 1.82) is 0 Å². The largest absolute Gasteiger partial charge is 0.366 e. The van der Waals surface area contributed by atoms with E-state index in [0.717, 1.165) is 18.2 Å². The van der Waals surface area contributed by atoms with Gasteiger partial charge in [0.1, 0.15) is 24.1 Å². The number of nitrogens with zero attached hydrogens (tertiary/aromatic N) is 2. The summed E-state index contributed by atoms with van der Waals surface area (Å²) in [6.45, 7) is 3.09. The third-order valence-corrected chi connectivity index (χ3v) is 4.19. The normalized spacial score (nSPS) is 15.0. The molecule has 2 aromatic rings. The molecule has 1 aliphatic rings. The Kier molecular flexibility index (Phi) is 5.94. The molecule has 0 amide bonds. The minimum atomic E-state index is -0.726. The van der Waals surface area contributed by atoms with Crippen molar-refractivity contribution in [1.82, 2.24) is 9.78 Å². The smallest absolute Gasteiger partial charge is 0.155 e. The predicted octanol–water partition coefficient (Wildman–Crippen LogP) is 5.01. The molecule has 0 saturated carbocycles. The van der Waals surface area contributed by atoms with Crippen molar-refractivity contribution < 1.29 is 22.7 Å². The fourth-order valence-electron chi connectivity index (χ4n) is 2.85. The maximum Gasteiger partial charge on any atom is 0.155 e. The topological polar surface area (TPSA) is 44.1 Å². The molecule has 1 atom stereocenters. The van der Waals surface area contributed by atoms with Gasteiger partial charge in [-0.15, -0.1) is 0 Å². The van der Waals surface area contributed by atoms with Crippen LogP contribution in [0.4, 0.5) is 13.2 Å². The molecule has 146 valence electrons. The van der Waals surface area contributed by atoms with Gasteiger partial charge in [0, 0.05) is 17.8 Å². The van der Waals surface area contributed by atoms with Crippen LogP contribution in [0.25, 0.3) is 11.3 Å². The Morgan fingerprint density at radius 3 is 2.61 bits per heavy atom. The van der Waals surface area contributed by atoms with Gasteiger partial charge in [-0.2, -0.15) is 5.10 Å². The number of benzene rings is 1. The highest BCUT2D eigenvalue weighted by Gasteiger charge is 2.20. The first-order valence-corrected chi connectivity index (χ1v) is 8.74. The van der Waals surface area contributed by atoms with Crippen LogP contribution in [0.2, 0.25) is 0 Å². The number of carbonyl (C=O) groups is 1. The Balaban J connectivity index is 2.06. The van der Waals surface area contributed by atoms with E-state index in [2.05, 4.69) is 5.10 Å². The van der Waals surface area contributed by atoms with Crippen molar-refractivity contribution in [3.05, 3.63) is 77.4 Å². The van der Waals surface area contributed by atoms with E-state index in [0.29, 0.717) is 23.3 Å². The quantitative estimate of drug-likeness (QED) is 0.698. The van der Waals surface area contributed by atoms with Crippen molar-refractivity contribution in [3.8, 4) is 5.69 Å². The SMILES string of the molecule is CC(=O)COC(C)c1cn(-c2cc(F)cc(F)c2)nc1C1=CC=C(F)C=CC1. The van der Waals surface area contributed by atoms with E-state index in [-0.39, 0.29) is 23.9 Å². The summed E-state index contributed by atoms with van der Waals surface area (Å²) in [5.74, 6) is -1.97. The zero-order valence-corrected chi connectivity index (χ0v) is 15.5. The molecule has 28 heavy (non-hydrogen) atoms. The number of aromatic nitrogens is 2. The lowest BCUT2D eigenvalue weighted by Gasteiger charge is -2.12. The fourth-order valence-corrected chi connectivity index (χ4v) is 2.85. The number of hydrogen-bond donors (Lipinski definition) is 0. The van der Waals surface area contributed by atoms with E-state index in [9.17, 15) is 18.0 Å². The first-order valence-electron chi connectivity index (χ1n) is 8.74. The molecule has 7 heteroatoms. The van der Waals surface area contributed by atoms with Crippen LogP contribution in [-0.2, 0) is 9.53 Å². The van der Waals surface area contributed by atoms with Crippen LogP contribution >= 0.6 is 0 Å². The summed E-state index contributed by atoms with van der Waals surface area (Å²) in [7, 11) is 0. The summed E-state index contributed by atoms with van der Waals surface area (Å²) in [4.78, 5) is 11.3. The molecule has 1 aromatic heterocycles. The molecule has 1 heterocycles. The number of ether oxygens (including phenoxy) is 1. The summed E-state index contributed by atoms with van der Waals surface area (Å²) in [6.07, 6.45) is 7.47. The molecule has 0 radical (unpaired) electrons. The average molecular weight is 388 g/mol. The van der Waals surface area contributed by atoms with Crippen LogP contribution in [0, 0.1) is 11.6 Å². The second kappa shape index (κ2) is 8.39. The van der Waals surface area contributed by atoms with Crippen LogP contribution in [-0.4, -0.2) is 22.2 Å². The number of allylic oxidation sites excluding steroid dienone is 6. The van der Waals surface area contributed by atoms with Gasteiger partial charge in [0.15, 0.2) is 5.78 Å². The summed E-state index contributed by atoms with van der Waals surface area (Å²) in [5.41, 5.74) is 2.06. The third-order valence-electron chi connectivity index (χ3n) is 4.19. The van der Waals surface area contributed by atoms with Gasteiger partial charge in [-0.25, -0.2) is 17.9 Å². The number of rotatable bonds is 6. The molecule has 0 aliphatic heterocycles. The molecule has 0 fully saturated rings. The number of carbonyl (C=O) groups excluding carboxylic acids is 1. The Hall–Kier alpha value is -2.93. The van der Waals surface area contributed by atoms with Gasteiger partial charge in [-0.1, -0.05) is 12.2 Å². The van der Waals surface area contributed by atoms with Crippen molar-refractivity contribution in [2.75, 3.05) is 6.61 Å². The highest BCUT2D eigenvalue weighted by molar-refractivity contribution is 5.76. The predicted molar refractivity (Wildman–Crippen MR) is 99.5 cm³/mol. The second-order valence-corrected chi connectivity index (χ2v) is 6.51. The van der Waals surface area contributed by atoms with Gasteiger partial charge < -0.3 is 4.74 Å². The first kappa shape index (κ1) is 19.8. The van der Waals surface area contributed by atoms with Gasteiger partial charge in [-0.3, -0.25) is 4.79 Å². The van der Waals surface area contributed by atoms with E-state index in [1.165, 1.54) is 23.8 Å². The summed E-state index contributed by atoms with van der Waals surface area (Å²) in [5, 5.41) is 4.47. The number of hydrogen-bond acceptors (Lipinski definition) is 3. The molecule has 1 unspecified atom stereocenters. The van der Waals surface area contributed by atoms with Crippen LogP contribution < -0.4 is 0 Å². The molecule has 0 bridgehead atoms. The lowest BCUT2D eigenvalue weighted by Crippen LogP contribution is -2.08. The average Bonchev–Trinajstić information content (AvgIpc) is 2.96. The van der Waals surface area contributed by atoms with E-state index >= 15 is 0 Å². The van der Waals surface area contributed by atoms with Crippen LogP contribution in [0.15, 0.2) is 54.5 Å². The van der Waals surface area contributed by atoms with Crippen molar-refractivity contribution in [3.63, 3.8) is 0 Å². The molecular formula is C21H19F3N2O2. The Morgan fingerprint density at radius 2 is 1.93 bits per heavy atom. The van der Waals surface area contributed by atoms with Crippen LogP contribution in [0.5, 0.6) is 0 Å². The van der Waals surface area contributed by atoms with E-state index in [4.69, 9.17) is 4.74 Å². The molecule has 0 spiro atoms. The lowest BCUT2D eigenvalue weighted by atomic mass is 10.0. The number of ketones is 1. The van der Waals surface area contributed by atoms with Gasteiger partial charge >= 0.3 is 0 Å². The highest BCUT2D eigenvalue weighted by atomic mass is 19.1. The maximum atomic E-state index is 13.6. The summed E-state index contributed by atoms with van der Waals surface area (Å²) >= 11 is 0. The van der Waals surface area contributed by atoms with Gasteiger partial charge in [0.2, 0.25) is 0 Å². The van der Waals surface area contributed by atoms with Crippen molar-refractivity contribution in [2.24, 2.45) is 0 Å². The number of halogens is 3. The molecule has 1 aromatic carbocycles. The summed E-state index contributed by atoms with van der Waals surface area (Å²) < 4.78 is 47.7. The molecule has 4 nitrogen and oxygen atoms in total. The third kappa shape index (κ3) is 4.67. The van der Waals surface area contributed by atoms with Gasteiger partial charge in [0.25, 0.3) is 0 Å². The van der Waals surface area contributed by atoms with Crippen LogP contribution in [0.1, 0.15) is 37.6 Å². The molecule has 0 saturated heterocycles. The zero-order chi connectivity index (χ0) is 20.3. The van der Waals surface area contributed by atoms with Crippen molar-refractivity contribution >= 4 is 11.4 Å². The first-order chi connectivity index (χ1) is 13.3. The molecule has 3 rings (SSSR count). The van der Waals surface area contributed by atoms with E-state index < -0.39 is 17.7 Å². The Bertz CT molecular complexity index is 969. The van der Waals surface area contributed by atoms with Crippen molar-refractivity contribution in [2.45, 2.75) is 26.4 Å². The zero-order valence-electron chi connectivity index (χ0n) is 15.5. The minimum absolute atomic E-state index is 0.0755. The molecule has 0 N–H and O–H groups in total. The summed E-state index contributed by atoms with van der Waals surface area (Å²) in [6, 6.07) is 3.09. The monoisotopic (exact) mass is 388 g/mol. The number of Topliss-reactive ketones (excluding diaryl/α,β-unsaturated/α-hetero) is 1. The van der Waals surface area contributed by atoms with Crippen LogP contribution in [0.3, 0.4) is 0 Å². The standard InChI is InChI=1S/C21H19F3N2O2/c1-13(27)12-28-14(2)20-11-26(19-9-17(23)8-18(24)10-19)25-21(20)15-4-3-5-16(22)7-6-15/h3,5-11,14H,4,12H2,1-2H3. The second-order valence-electron chi connectivity index (χ2n) is 6.51. The van der Waals surface area contributed by atoms with E-state index in [1.807, 2.05) is 0 Å². The maximum absolute atomic E-state index is 13.6. The highest BCUT2D eigenvalue weighted by Crippen LogP contribution is 2.30. The van der Waals surface area contributed by atoms with E-state index in [1.54, 1.807) is 25.3 Å².